The molecule has 0 aliphatic heterocycles. The molecule has 1 amide bonds. The molecule has 106 valence electrons. The minimum Gasteiger partial charge on any atom is -0.480 e. The van der Waals surface area contributed by atoms with Crippen LogP contribution in [0.2, 0.25) is 5.02 Å². The highest BCUT2D eigenvalue weighted by molar-refractivity contribution is 6.31. The van der Waals surface area contributed by atoms with Gasteiger partial charge in [-0.25, -0.2) is 4.79 Å². The fraction of sp³-hybridized carbons (Fsp3) is 0.333. The second kappa shape index (κ2) is 5.67. The number of carbonyl (C=O) groups excluding carboxylic acids is 1. The molecule has 0 radical (unpaired) electrons. The van der Waals surface area contributed by atoms with E-state index in [1.165, 1.54) is 6.08 Å². The molecule has 1 aliphatic rings. The molecule has 1 aromatic carbocycles. The number of amides is 1. The molecule has 1 saturated carbocycles. The summed E-state index contributed by atoms with van der Waals surface area (Å²) in [6.07, 6.45) is 4.75. The van der Waals surface area contributed by atoms with Crippen molar-refractivity contribution in [3.63, 3.8) is 0 Å². The van der Waals surface area contributed by atoms with Crippen molar-refractivity contribution in [1.82, 2.24) is 5.32 Å². The van der Waals surface area contributed by atoms with Crippen molar-refractivity contribution in [1.29, 1.82) is 0 Å². The Hall–Kier alpha value is -1.81. The van der Waals surface area contributed by atoms with Gasteiger partial charge < -0.3 is 10.4 Å². The van der Waals surface area contributed by atoms with Crippen LogP contribution in [0.1, 0.15) is 30.4 Å². The van der Waals surface area contributed by atoms with Crippen molar-refractivity contribution < 1.29 is 14.7 Å². The van der Waals surface area contributed by atoms with Gasteiger partial charge in [0.2, 0.25) is 5.91 Å². The van der Waals surface area contributed by atoms with Crippen LogP contribution in [0, 0.1) is 6.92 Å². The zero-order chi connectivity index (χ0) is 14.8. The highest BCUT2D eigenvalue weighted by atomic mass is 35.5. The van der Waals surface area contributed by atoms with Gasteiger partial charge in [-0.05, 0) is 49.5 Å². The van der Waals surface area contributed by atoms with Crippen LogP contribution in [0.3, 0.4) is 0 Å². The highest BCUT2D eigenvalue weighted by Gasteiger charge is 2.45. The number of halogens is 1. The van der Waals surface area contributed by atoms with Gasteiger partial charge in [0.25, 0.3) is 0 Å². The average molecular weight is 294 g/mol. The van der Waals surface area contributed by atoms with E-state index < -0.39 is 17.4 Å². The fourth-order valence-corrected chi connectivity index (χ4v) is 2.27. The quantitative estimate of drug-likeness (QED) is 0.839. The second-order valence-electron chi connectivity index (χ2n) is 5.07. The first-order chi connectivity index (χ1) is 9.43. The van der Waals surface area contributed by atoms with E-state index in [2.05, 4.69) is 5.32 Å². The van der Waals surface area contributed by atoms with Crippen LogP contribution in [-0.4, -0.2) is 22.5 Å². The largest absolute Gasteiger partial charge is 0.480 e. The number of aliphatic carboxylic acids is 1. The maximum absolute atomic E-state index is 11.8. The second-order valence-corrected chi connectivity index (χ2v) is 5.48. The Bertz CT molecular complexity index is 576. The zero-order valence-electron chi connectivity index (χ0n) is 11.1. The van der Waals surface area contributed by atoms with Gasteiger partial charge >= 0.3 is 5.97 Å². The summed E-state index contributed by atoms with van der Waals surface area (Å²) in [6, 6.07) is 5.48. The highest BCUT2D eigenvalue weighted by Crippen LogP contribution is 2.32. The van der Waals surface area contributed by atoms with Gasteiger partial charge in [-0.15, -0.1) is 0 Å². The summed E-state index contributed by atoms with van der Waals surface area (Å²) in [4.78, 5) is 22.9. The van der Waals surface area contributed by atoms with Crippen molar-refractivity contribution in [3.05, 3.63) is 40.4 Å². The van der Waals surface area contributed by atoms with Crippen LogP contribution in [-0.2, 0) is 9.59 Å². The number of hydrogen-bond acceptors (Lipinski definition) is 2. The van der Waals surface area contributed by atoms with Gasteiger partial charge in [0, 0.05) is 11.1 Å². The predicted molar refractivity (Wildman–Crippen MR) is 77.6 cm³/mol. The average Bonchev–Trinajstić information content (AvgIpc) is 2.35. The molecule has 0 atom stereocenters. The van der Waals surface area contributed by atoms with E-state index in [-0.39, 0.29) is 0 Å². The molecule has 1 fully saturated rings. The van der Waals surface area contributed by atoms with Crippen LogP contribution in [0.25, 0.3) is 6.08 Å². The van der Waals surface area contributed by atoms with Gasteiger partial charge in [-0.3, -0.25) is 4.79 Å². The first-order valence-corrected chi connectivity index (χ1v) is 6.80. The summed E-state index contributed by atoms with van der Waals surface area (Å²) in [5.41, 5.74) is 0.688. The SMILES string of the molecule is Cc1ccc(/C=C/C(=O)NC2(C(=O)O)CCC2)cc1Cl. The predicted octanol–water partition coefficient (Wildman–Crippen LogP) is 2.79. The lowest BCUT2D eigenvalue weighted by Gasteiger charge is -2.37. The Kier molecular flexibility index (Phi) is 4.14. The molecule has 0 aromatic heterocycles. The normalized spacial score (nSPS) is 16.7. The van der Waals surface area contributed by atoms with Crippen molar-refractivity contribution in [2.45, 2.75) is 31.7 Å². The van der Waals surface area contributed by atoms with Gasteiger partial charge in [0.15, 0.2) is 0 Å². The molecule has 2 N–H and O–H groups in total. The molecule has 5 heteroatoms. The van der Waals surface area contributed by atoms with Gasteiger partial charge in [0.05, 0.1) is 0 Å². The van der Waals surface area contributed by atoms with E-state index in [4.69, 9.17) is 16.7 Å². The summed E-state index contributed by atoms with van der Waals surface area (Å²) < 4.78 is 0. The van der Waals surface area contributed by atoms with Crippen LogP contribution in [0.4, 0.5) is 0 Å². The summed E-state index contributed by atoms with van der Waals surface area (Å²) in [6.45, 7) is 1.90. The molecule has 4 nitrogen and oxygen atoms in total. The lowest BCUT2D eigenvalue weighted by atomic mass is 9.77. The minimum atomic E-state index is -1.08. The molecule has 0 spiro atoms. The third-order valence-corrected chi connectivity index (χ3v) is 4.01. The Morgan fingerprint density at radius 1 is 1.40 bits per heavy atom. The molecule has 0 saturated heterocycles. The van der Waals surface area contributed by atoms with E-state index >= 15 is 0 Å². The third-order valence-electron chi connectivity index (χ3n) is 3.60. The standard InChI is InChI=1S/C15H16ClNO3/c1-10-3-4-11(9-12(10)16)5-6-13(18)17-15(14(19)20)7-2-8-15/h3-6,9H,2,7-8H2,1H3,(H,17,18)(H,19,20)/b6-5+. The fourth-order valence-electron chi connectivity index (χ4n) is 2.08. The number of hydrogen-bond donors (Lipinski definition) is 2. The number of aryl methyl sites for hydroxylation is 1. The lowest BCUT2D eigenvalue weighted by Crippen LogP contribution is -2.58. The Balaban J connectivity index is 2.02. The van der Waals surface area contributed by atoms with Crippen molar-refractivity contribution in [3.8, 4) is 0 Å². The number of benzene rings is 1. The van der Waals surface area contributed by atoms with Gasteiger partial charge in [-0.2, -0.15) is 0 Å². The maximum Gasteiger partial charge on any atom is 0.329 e. The van der Waals surface area contributed by atoms with Gasteiger partial charge in [0.1, 0.15) is 5.54 Å². The Labute approximate surface area is 122 Å². The topological polar surface area (TPSA) is 66.4 Å². The van der Waals surface area contributed by atoms with Crippen LogP contribution in [0.5, 0.6) is 0 Å². The number of carboxylic acid groups (broad SMARTS) is 1. The molecular formula is C15H16ClNO3. The summed E-state index contributed by atoms with van der Waals surface area (Å²) in [5, 5.41) is 12.3. The molecule has 2 rings (SSSR count). The van der Waals surface area contributed by atoms with E-state index in [1.54, 1.807) is 12.1 Å². The summed E-state index contributed by atoms with van der Waals surface area (Å²) in [7, 11) is 0. The van der Waals surface area contributed by atoms with E-state index in [0.29, 0.717) is 17.9 Å². The van der Waals surface area contributed by atoms with Crippen LogP contribution >= 0.6 is 11.6 Å². The van der Waals surface area contributed by atoms with E-state index in [0.717, 1.165) is 17.5 Å². The molecule has 1 aromatic rings. The monoisotopic (exact) mass is 293 g/mol. The van der Waals surface area contributed by atoms with E-state index in [9.17, 15) is 9.59 Å². The molecule has 0 bridgehead atoms. The van der Waals surface area contributed by atoms with Gasteiger partial charge in [-0.1, -0.05) is 23.7 Å². The zero-order valence-corrected chi connectivity index (χ0v) is 11.9. The summed E-state index contributed by atoms with van der Waals surface area (Å²) in [5.74, 6) is -1.37. The summed E-state index contributed by atoms with van der Waals surface area (Å²) >= 11 is 6.00. The van der Waals surface area contributed by atoms with Crippen molar-refractivity contribution >= 4 is 29.6 Å². The first-order valence-electron chi connectivity index (χ1n) is 6.43. The molecule has 0 heterocycles. The molecule has 0 unspecified atom stereocenters. The third kappa shape index (κ3) is 3.02. The van der Waals surface area contributed by atoms with Crippen LogP contribution < -0.4 is 5.32 Å². The molecular weight excluding hydrogens is 278 g/mol. The van der Waals surface area contributed by atoms with Crippen molar-refractivity contribution in [2.75, 3.05) is 0 Å². The number of nitrogens with one attached hydrogen (secondary N) is 1. The van der Waals surface area contributed by atoms with Crippen molar-refractivity contribution in [2.24, 2.45) is 0 Å². The smallest absolute Gasteiger partial charge is 0.329 e. The molecule has 20 heavy (non-hydrogen) atoms. The van der Waals surface area contributed by atoms with Crippen LogP contribution in [0.15, 0.2) is 24.3 Å². The number of rotatable bonds is 4. The number of carboxylic acids is 1. The maximum atomic E-state index is 11.8. The lowest BCUT2D eigenvalue weighted by molar-refractivity contribution is -0.151. The van der Waals surface area contributed by atoms with E-state index in [1.807, 2.05) is 19.1 Å². The minimum absolute atomic E-state index is 0.399. The Morgan fingerprint density at radius 2 is 2.10 bits per heavy atom. The first kappa shape index (κ1) is 14.6. The number of carbonyl (C=O) groups is 2. The molecule has 1 aliphatic carbocycles. The Morgan fingerprint density at radius 3 is 2.60 bits per heavy atom.